The Morgan fingerprint density at radius 2 is 1.80 bits per heavy atom. The van der Waals surface area contributed by atoms with Gasteiger partial charge in [-0.25, -0.2) is 18.4 Å². The molecule has 0 N–H and O–H groups in total. The summed E-state index contributed by atoms with van der Waals surface area (Å²) in [6.07, 6.45) is 3.27. The van der Waals surface area contributed by atoms with Crippen molar-refractivity contribution < 1.29 is 13.3 Å². The number of hydrogen-bond acceptors (Lipinski definition) is 8. The van der Waals surface area contributed by atoms with Crippen molar-refractivity contribution in [3.8, 4) is 0 Å². The average Bonchev–Trinajstić information content (AvgIpc) is 3.21. The SMILES string of the molecule is CC(C)c1nc(N2CCN(S(=O)(=O)c3ccc([N+](=O)[O-])cc3)CC2)c2c3c(sc2n1)C[C@H](C)CC3. The lowest BCUT2D eigenvalue weighted by Crippen LogP contribution is -2.49. The second kappa shape index (κ2) is 9.11. The average molecular weight is 516 g/mol. The van der Waals surface area contributed by atoms with Gasteiger partial charge in [0.2, 0.25) is 10.0 Å². The fourth-order valence-electron chi connectivity index (χ4n) is 4.86. The monoisotopic (exact) mass is 515 g/mol. The largest absolute Gasteiger partial charge is 0.353 e. The molecule has 35 heavy (non-hydrogen) atoms. The van der Waals surface area contributed by atoms with E-state index in [1.165, 1.54) is 39.0 Å². The number of nitro groups is 1. The van der Waals surface area contributed by atoms with E-state index in [9.17, 15) is 18.5 Å². The van der Waals surface area contributed by atoms with Gasteiger partial charge in [-0.3, -0.25) is 10.1 Å². The van der Waals surface area contributed by atoms with Gasteiger partial charge in [0, 0.05) is 49.1 Å². The molecule has 9 nitrogen and oxygen atoms in total. The van der Waals surface area contributed by atoms with Gasteiger partial charge in [-0.05, 0) is 42.9 Å². The summed E-state index contributed by atoms with van der Waals surface area (Å²) in [5.74, 6) is 2.61. The highest BCUT2D eigenvalue weighted by Crippen LogP contribution is 2.41. The first-order valence-corrected chi connectivity index (χ1v) is 14.2. The molecule has 186 valence electrons. The van der Waals surface area contributed by atoms with Crippen molar-refractivity contribution in [1.82, 2.24) is 14.3 Å². The van der Waals surface area contributed by atoms with E-state index < -0.39 is 14.9 Å². The first-order chi connectivity index (χ1) is 16.6. The van der Waals surface area contributed by atoms with Gasteiger partial charge in [0.25, 0.3) is 5.69 Å². The number of aromatic nitrogens is 2. The van der Waals surface area contributed by atoms with Crippen LogP contribution in [0.15, 0.2) is 29.2 Å². The van der Waals surface area contributed by atoms with Crippen molar-refractivity contribution in [3.63, 3.8) is 0 Å². The van der Waals surface area contributed by atoms with E-state index in [0.717, 1.165) is 41.1 Å². The van der Waals surface area contributed by atoms with Crippen LogP contribution in [0.2, 0.25) is 0 Å². The Bertz CT molecular complexity index is 1380. The number of fused-ring (bicyclic) bond motifs is 3. The Morgan fingerprint density at radius 3 is 2.43 bits per heavy atom. The summed E-state index contributed by atoms with van der Waals surface area (Å²) in [7, 11) is -3.73. The number of thiophene rings is 1. The third-order valence-corrected chi connectivity index (χ3v) is 9.95. The van der Waals surface area contributed by atoms with Gasteiger partial charge in [0.05, 0.1) is 15.2 Å². The highest BCUT2D eigenvalue weighted by atomic mass is 32.2. The van der Waals surface area contributed by atoms with Crippen molar-refractivity contribution in [1.29, 1.82) is 0 Å². The van der Waals surface area contributed by atoms with Crippen molar-refractivity contribution in [3.05, 3.63) is 50.6 Å². The molecule has 0 spiro atoms. The fraction of sp³-hybridized carbons (Fsp3) is 0.500. The summed E-state index contributed by atoms with van der Waals surface area (Å²) in [6, 6.07) is 5.08. The van der Waals surface area contributed by atoms with Crippen LogP contribution in [0.3, 0.4) is 0 Å². The number of nitro benzene ring substituents is 1. The zero-order valence-corrected chi connectivity index (χ0v) is 21.7. The molecule has 3 heterocycles. The fourth-order valence-corrected chi connectivity index (χ4v) is 7.66. The zero-order valence-electron chi connectivity index (χ0n) is 20.1. The molecule has 1 atom stereocenters. The van der Waals surface area contributed by atoms with Crippen molar-refractivity contribution >= 4 is 43.1 Å². The van der Waals surface area contributed by atoms with Crippen molar-refractivity contribution in [2.75, 3.05) is 31.1 Å². The Balaban J connectivity index is 1.43. The van der Waals surface area contributed by atoms with Gasteiger partial charge >= 0.3 is 0 Å². The van der Waals surface area contributed by atoms with E-state index in [4.69, 9.17) is 9.97 Å². The number of rotatable bonds is 5. The molecule has 0 unspecified atom stereocenters. The van der Waals surface area contributed by atoms with Crippen LogP contribution in [0.4, 0.5) is 11.5 Å². The Hall–Kier alpha value is -2.63. The maximum atomic E-state index is 13.2. The first kappa shape index (κ1) is 24.1. The maximum Gasteiger partial charge on any atom is 0.269 e. The molecule has 0 bridgehead atoms. The molecule has 1 aromatic carbocycles. The highest BCUT2D eigenvalue weighted by Gasteiger charge is 2.32. The molecular formula is C24H29N5O4S2. The molecule has 2 aliphatic rings. The van der Waals surface area contributed by atoms with E-state index >= 15 is 0 Å². The van der Waals surface area contributed by atoms with Crippen LogP contribution >= 0.6 is 11.3 Å². The molecule has 0 saturated carbocycles. The van der Waals surface area contributed by atoms with Crippen LogP contribution in [0.1, 0.15) is 49.4 Å². The highest BCUT2D eigenvalue weighted by molar-refractivity contribution is 7.89. The number of benzene rings is 1. The number of non-ortho nitro benzene ring substituents is 1. The number of anilines is 1. The second-order valence-corrected chi connectivity index (χ2v) is 12.8. The number of piperazine rings is 1. The summed E-state index contributed by atoms with van der Waals surface area (Å²) < 4.78 is 27.8. The molecule has 1 aliphatic carbocycles. The van der Waals surface area contributed by atoms with Gasteiger partial charge < -0.3 is 4.90 Å². The molecule has 0 radical (unpaired) electrons. The van der Waals surface area contributed by atoms with E-state index in [0.29, 0.717) is 32.1 Å². The lowest BCUT2D eigenvalue weighted by Gasteiger charge is -2.35. The number of sulfonamides is 1. The van der Waals surface area contributed by atoms with E-state index in [1.54, 1.807) is 11.3 Å². The van der Waals surface area contributed by atoms with Crippen LogP contribution < -0.4 is 4.90 Å². The summed E-state index contributed by atoms with van der Waals surface area (Å²) in [5, 5.41) is 12.1. The van der Waals surface area contributed by atoms with E-state index in [1.807, 2.05) is 0 Å². The summed E-state index contributed by atoms with van der Waals surface area (Å²) in [6.45, 7) is 8.18. The predicted octanol–water partition coefficient (Wildman–Crippen LogP) is 4.36. The van der Waals surface area contributed by atoms with E-state index in [2.05, 4.69) is 25.7 Å². The van der Waals surface area contributed by atoms with Crippen LogP contribution in [0, 0.1) is 16.0 Å². The van der Waals surface area contributed by atoms with Gasteiger partial charge in [-0.2, -0.15) is 4.31 Å². The standard InChI is InChI=1S/C24H29N5O4S2/c1-15(2)22-25-23(21-19-9-4-16(3)14-20(19)34-24(21)26-22)27-10-12-28(13-11-27)35(32,33)18-7-5-17(6-8-18)29(30)31/h5-8,15-16H,4,9-14H2,1-3H3/t16-/m1/s1. The molecule has 3 aromatic rings. The topological polar surface area (TPSA) is 110 Å². The van der Waals surface area contributed by atoms with Gasteiger partial charge in [-0.1, -0.05) is 20.8 Å². The van der Waals surface area contributed by atoms with Gasteiger partial charge in [-0.15, -0.1) is 11.3 Å². The van der Waals surface area contributed by atoms with Crippen LogP contribution in [0.25, 0.3) is 10.2 Å². The molecule has 1 fully saturated rings. The molecule has 1 saturated heterocycles. The molecule has 11 heteroatoms. The predicted molar refractivity (Wildman–Crippen MR) is 137 cm³/mol. The summed E-state index contributed by atoms with van der Waals surface area (Å²) in [4.78, 5) is 25.0. The molecule has 1 aliphatic heterocycles. The minimum Gasteiger partial charge on any atom is -0.353 e. The van der Waals surface area contributed by atoms with Crippen LogP contribution in [0.5, 0.6) is 0 Å². The molecule has 0 amide bonds. The Morgan fingerprint density at radius 1 is 1.11 bits per heavy atom. The van der Waals surface area contributed by atoms with Gasteiger partial charge in [0.1, 0.15) is 16.5 Å². The first-order valence-electron chi connectivity index (χ1n) is 12.0. The van der Waals surface area contributed by atoms with Crippen molar-refractivity contribution in [2.45, 2.75) is 50.8 Å². The summed E-state index contributed by atoms with van der Waals surface area (Å²) >= 11 is 1.79. The molecule has 5 rings (SSSR count). The Kier molecular flexibility index (Phi) is 6.27. The normalized spacial score (nSPS) is 19.3. The lowest BCUT2D eigenvalue weighted by molar-refractivity contribution is -0.384. The molecule has 2 aromatic heterocycles. The van der Waals surface area contributed by atoms with Crippen LogP contribution in [-0.2, 0) is 22.9 Å². The zero-order chi connectivity index (χ0) is 24.9. The number of hydrogen-bond donors (Lipinski definition) is 0. The third kappa shape index (κ3) is 4.41. The minimum absolute atomic E-state index is 0.0732. The van der Waals surface area contributed by atoms with Gasteiger partial charge in [0.15, 0.2) is 0 Å². The van der Waals surface area contributed by atoms with Crippen molar-refractivity contribution in [2.24, 2.45) is 5.92 Å². The lowest BCUT2D eigenvalue weighted by atomic mass is 9.89. The number of aryl methyl sites for hydroxylation is 1. The van der Waals surface area contributed by atoms with E-state index in [-0.39, 0.29) is 16.5 Å². The second-order valence-electron chi connectivity index (χ2n) is 9.73. The molecular weight excluding hydrogens is 486 g/mol. The third-order valence-electron chi connectivity index (χ3n) is 6.89. The Labute approximate surface area is 209 Å². The smallest absolute Gasteiger partial charge is 0.269 e. The minimum atomic E-state index is -3.73. The number of nitrogens with zero attached hydrogens (tertiary/aromatic N) is 5. The maximum absolute atomic E-state index is 13.2. The summed E-state index contributed by atoms with van der Waals surface area (Å²) in [5.41, 5.74) is 1.24. The van der Waals surface area contributed by atoms with Crippen LogP contribution in [-0.4, -0.2) is 53.8 Å². The quantitative estimate of drug-likeness (QED) is 0.367.